The number of nitrogens with zero attached hydrogens (tertiary/aromatic N) is 2. The van der Waals surface area contributed by atoms with E-state index in [0.717, 1.165) is 31.8 Å². The predicted molar refractivity (Wildman–Crippen MR) is 94.2 cm³/mol. The molecule has 3 rings (SSSR count). The normalized spacial score (nSPS) is 17.3. The lowest BCUT2D eigenvalue weighted by atomic mass is 9.87. The van der Waals surface area contributed by atoms with E-state index in [1.54, 1.807) is 0 Å². The summed E-state index contributed by atoms with van der Waals surface area (Å²) in [5, 5.41) is 12.6. The molecule has 0 aromatic heterocycles. The van der Waals surface area contributed by atoms with E-state index in [1.165, 1.54) is 5.56 Å². The van der Waals surface area contributed by atoms with E-state index in [4.69, 9.17) is 0 Å². The van der Waals surface area contributed by atoms with Gasteiger partial charge in [-0.3, -0.25) is 4.90 Å². The van der Waals surface area contributed by atoms with Gasteiger partial charge in [0.1, 0.15) is 5.82 Å². The van der Waals surface area contributed by atoms with Gasteiger partial charge in [-0.2, -0.15) is 13.2 Å². The first-order valence-electron chi connectivity index (χ1n) is 8.74. The lowest BCUT2D eigenvalue weighted by Crippen LogP contribution is -2.36. The van der Waals surface area contributed by atoms with Gasteiger partial charge in [0.25, 0.3) is 0 Å². The smallest absolute Gasteiger partial charge is 0.411 e. The SMILES string of the molecule is O/N=C(/c1ccc(C(F)(F)F)cc1F)C1CCN(Cc2ccccc2)CC1. The van der Waals surface area contributed by atoms with Crippen LogP contribution < -0.4 is 0 Å². The van der Waals surface area contributed by atoms with Crippen LogP contribution in [0.25, 0.3) is 0 Å². The summed E-state index contributed by atoms with van der Waals surface area (Å²) in [5.41, 5.74) is 0.173. The van der Waals surface area contributed by atoms with Crippen molar-refractivity contribution < 1.29 is 22.8 Å². The van der Waals surface area contributed by atoms with Gasteiger partial charge in [0, 0.05) is 18.0 Å². The van der Waals surface area contributed by atoms with Crippen LogP contribution in [0, 0.1) is 11.7 Å². The first kappa shape index (κ1) is 19.4. The van der Waals surface area contributed by atoms with Crippen LogP contribution in [0.5, 0.6) is 0 Å². The van der Waals surface area contributed by atoms with Gasteiger partial charge in [-0.15, -0.1) is 0 Å². The zero-order valence-corrected chi connectivity index (χ0v) is 14.6. The monoisotopic (exact) mass is 380 g/mol. The van der Waals surface area contributed by atoms with Gasteiger partial charge in [-0.25, -0.2) is 4.39 Å². The Kier molecular flexibility index (Phi) is 5.79. The second-order valence-corrected chi connectivity index (χ2v) is 6.71. The molecule has 7 heteroatoms. The molecule has 1 aliphatic heterocycles. The van der Waals surface area contributed by atoms with E-state index in [-0.39, 0.29) is 17.2 Å². The van der Waals surface area contributed by atoms with Crippen molar-refractivity contribution in [1.82, 2.24) is 4.90 Å². The molecular weight excluding hydrogens is 360 g/mol. The van der Waals surface area contributed by atoms with Crippen LogP contribution in [0.3, 0.4) is 0 Å². The fraction of sp³-hybridized carbons (Fsp3) is 0.350. The van der Waals surface area contributed by atoms with Crippen LogP contribution in [-0.4, -0.2) is 28.9 Å². The van der Waals surface area contributed by atoms with Crippen LogP contribution >= 0.6 is 0 Å². The summed E-state index contributed by atoms with van der Waals surface area (Å²) in [6.07, 6.45) is -3.32. The van der Waals surface area contributed by atoms with Crippen LogP contribution in [-0.2, 0) is 12.7 Å². The van der Waals surface area contributed by atoms with Crippen molar-refractivity contribution in [2.75, 3.05) is 13.1 Å². The standard InChI is InChI=1S/C20H20F4N2O/c21-18-12-16(20(22,23)24)6-7-17(18)19(25-27)15-8-10-26(11-9-15)13-14-4-2-1-3-5-14/h1-7,12,15,27H,8-11,13H2/b25-19+. The van der Waals surface area contributed by atoms with Crippen LogP contribution in [0.15, 0.2) is 53.7 Å². The summed E-state index contributed by atoms with van der Waals surface area (Å²) in [5.74, 6) is -1.22. The highest BCUT2D eigenvalue weighted by Gasteiger charge is 2.32. The minimum absolute atomic E-state index is 0.0768. The molecule has 27 heavy (non-hydrogen) atoms. The zero-order valence-electron chi connectivity index (χ0n) is 14.6. The number of halogens is 4. The molecule has 0 bridgehead atoms. The molecule has 0 atom stereocenters. The minimum Gasteiger partial charge on any atom is -0.411 e. The van der Waals surface area contributed by atoms with Crippen molar-refractivity contribution in [3.63, 3.8) is 0 Å². The van der Waals surface area contributed by atoms with Crippen LogP contribution in [0.1, 0.15) is 29.5 Å². The maximum atomic E-state index is 14.2. The fourth-order valence-corrected chi connectivity index (χ4v) is 3.46. The van der Waals surface area contributed by atoms with Crippen molar-refractivity contribution in [3.05, 3.63) is 71.0 Å². The fourth-order valence-electron chi connectivity index (χ4n) is 3.46. The molecule has 2 aromatic carbocycles. The molecule has 1 fully saturated rings. The molecule has 0 aliphatic carbocycles. The van der Waals surface area contributed by atoms with E-state index < -0.39 is 17.6 Å². The number of alkyl halides is 3. The zero-order chi connectivity index (χ0) is 19.4. The van der Waals surface area contributed by atoms with Crippen LogP contribution in [0.2, 0.25) is 0 Å². The van der Waals surface area contributed by atoms with Crippen molar-refractivity contribution in [1.29, 1.82) is 0 Å². The molecule has 1 heterocycles. The third kappa shape index (κ3) is 4.66. The van der Waals surface area contributed by atoms with Crippen LogP contribution in [0.4, 0.5) is 17.6 Å². The molecule has 0 amide bonds. The van der Waals surface area contributed by atoms with Gasteiger partial charge in [0.05, 0.1) is 11.3 Å². The van der Waals surface area contributed by atoms with E-state index >= 15 is 0 Å². The Balaban J connectivity index is 1.67. The second-order valence-electron chi connectivity index (χ2n) is 6.71. The molecule has 144 valence electrons. The Bertz CT molecular complexity index is 797. The third-order valence-corrected chi connectivity index (χ3v) is 4.90. The molecule has 0 unspecified atom stereocenters. The van der Waals surface area contributed by atoms with Gasteiger partial charge in [-0.1, -0.05) is 35.5 Å². The average Bonchev–Trinajstić information content (AvgIpc) is 2.65. The van der Waals surface area contributed by atoms with Gasteiger partial charge >= 0.3 is 6.18 Å². The molecule has 1 aliphatic rings. The Labute approximate surface area is 154 Å². The van der Waals surface area contributed by atoms with Gasteiger partial charge < -0.3 is 5.21 Å². The van der Waals surface area contributed by atoms with Crippen molar-refractivity contribution in [2.24, 2.45) is 11.1 Å². The second kappa shape index (κ2) is 8.08. The van der Waals surface area contributed by atoms with E-state index in [2.05, 4.69) is 10.1 Å². The summed E-state index contributed by atoms with van der Waals surface area (Å²) in [6, 6.07) is 12.3. The van der Waals surface area contributed by atoms with Gasteiger partial charge in [-0.05, 0) is 49.7 Å². The summed E-state index contributed by atoms with van der Waals surface area (Å²) in [6.45, 7) is 2.27. The van der Waals surface area contributed by atoms with Gasteiger partial charge in [0.15, 0.2) is 0 Å². The lowest BCUT2D eigenvalue weighted by Gasteiger charge is -2.32. The Morgan fingerprint density at radius 3 is 2.30 bits per heavy atom. The number of hydrogen-bond acceptors (Lipinski definition) is 3. The number of benzene rings is 2. The molecule has 0 radical (unpaired) electrons. The molecule has 3 nitrogen and oxygen atoms in total. The number of likely N-dealkylation sites (tertiary alicyclic amines) is 1. The molecule has 0 spiro atoms. The first-order chi connectivity index (χ1) is 12.9. The molecular formula is C20H20F4N2O. The summed E-state index contributed by atoms with van der Waals surface area (Å²) >= 11 is 0. The van der Waals surface area contributed by atoms with Gasteiger partial charge in [0.2, 0.25) is 0 Å². The molecule has 0 saturated carbocycles. The number of oxime groups is 1. The highest BCUT2D eigenvalue weighted by atomic mass is 19.4. The summed E-state index contributed by atoms with van der Waals surface area (Å²) in [4.78, 5) is 2.25. The highest BCUT2D eigenvalue weighted by molar-refractivity contribution is 6.02. The first-order valence-corrected chi connectivity index (χ1v) is 8.74. The van der Waals surface area contributed by atoms with E-state index in [1.807, 2.05) is 30.3 Å². The molecule has 1 saturated heterocycles. The summed E-state index contributed by atoms with van der Waals surface area (Å²) in [7, 11) is 0. The molecule has 1 N–H and O–H groups in total. The quantitative estimate of drug-likeness (QED) is 0.353. The maximum Gasteiger partial charge on any atom is 0.416 e. The van der Waals surface area contributed by atoms with Crippen molar-refractivity contribution in [3.8, 4) is 0 Å². The number of hydrogen-bond donors (Lipinski definition) is 1. The predicted octanol–water partition coefficient (Wildman–Crippen LogP) is 4.94. The Hall–Kier alpha value is -2.41. The van der Waals surface area contributed by atoms with E-state index in [0.29, 0.717) is 18.9 Å². The Morgan fingerprint density at radius 1 is 1.07 bits per heavy atom. The highest BCUT2D eigenvalue weighted by Crippen LogP contribution is 2.32. The van der Waals surface area contributed by atoms with Crippen molar-refractivity contribution in [2.45, 2.75) is 25.6 Å². The Morgan fingerprint density at radius 2 is 1.74 bits per heavy atom. The minimum atomic E-state index is -4.61. The number of piperidine rings is 1. The summed E-state index contributed by atoms with van der Waals surface area (Å²) < 4.78 is 52.4. The number of rotatable bonds is 4. The molecule has 2 aromatic rings. The van der Waals surface area contributed by atoms with E-state index in [9.17, 15) is 22.8 Å². The maximum absolute atomic E-state index is 14.2. The topological polar surface area (TPSA) is 35.8 Å². The van der Waals surface area contributed by atoms with Crippen molar-refractivity contribution >= 4 is 5.71 Å². The average molecular weight is 380 g/mol. The largest absolute Gasteiger partial charge is 0.416 e. The lowest BCUT2D eigenvalue weighted by molar-refractivity contribution is -0.137. The third-order valence-electron chi connectivity index (χ3n) is 4.90.